The number of benzene rings is 2. The molecule has 0 radical (unpaired) electrons. The molecule has 0 bridgehead atoms. The predicted molar refractivity (Wildman–Crippen MR) is 219 cm³/mol. The molecule has 4 heterocycles. The smallest absolute Gasteiger partial charge is 0.413 e. The molecule has 0 saturated carbocycles. The summed E-state index contributed by atoms with van der Waals surface area (Å²) in [6.45, 7) is 5.05. The molecule has 0 aliphatic heterocycles. The Morgan fingerprint density at radius 3 is 1.78 bits per heavy atom. The standard InChI is InChI=1S/C37H40N12O8S2/c1-21-30(45-59(7,54)55)19-28(31(39-21)33-35(49(5)47-43-33)41-37(51)56-22(2)24-11-9-8-10-12-24)26-15-13-25(14-16-26)23(3)57-36(50)40-34-32(42-46-48(34)4)29-18-17-27(20-38-29)44-58(6,52)53/h8-20,22-23,44-45H,1-7H3,(H,40,50)(H,41,51)/t22-,23-/m1/s1. The first-order valence-electron chi connectivity index (χ1n) is 17.7. The fourth-order valence-electron chi connectivity index (χ4n) is 5.81. The number of carbonyl (C=O) groups excluding carboxylic acids is 2. The molecule has 0 aliphatic rings. The highest BCUT2D eigenvalue weighted by atomic mass is 32.2. The van der Waals surface area contributed by atoms with Crippen LogP contribution in [0.25, 0.3) is 33.9 Å². The molecule has 4 aromatic heterocycles. The van der Waals surface area contributed by atoms with Crippen LogP contribution in [0.2, 0.25) is 0 Å². The third-order valence-corrected chi connectivity index (χ3v) is 9.86. The second-order valence-corrected chi connectivity index (χ2v) is 16.9. The molecule has 0 unspecified atom stereocenters. The highest BCUT2D eigenvalue weighted by molar-refractivity contribution is 7.92. The summed E-state index contributed by atoms with van der Waals surface area (Å²) in [6.07, 6.45) is 0.470. The number of ether oxygens (including phenoxy) is 2. The van der Waals surface area contributed by atoms with E-state index in [-0.39, 0.29) is 40.1 Å². The molecule has 6 aromatic rings. The number of aromatic nitrogens is 8. The Kier molecular flexibility index (Phi) is 11.9. The lowest BCUT2D eigenvalue weighted by atomic mass is 9.98. The molecular weight excluding hydrogens is 805 g/mol. The Labute approximate surface area is 339 Å². The van der Waals surface area contributed by atoms with Crippen molar-refractivity contribution in [3.63, 3.8) is 0 Å². The first kappa shape index (κ1) is 41.7. The number of sulfonamides is 2. The van der Waals surface area contributed by atoms with Crippen LogP contribution in [0.15, 0.2) is 79.0 Å². The zero-order valence-electron chi connectivity index (χ0n) is 32.8. The summed E-state index contributed by atoms with van der Waals surface area (Å²) in [7, 11) is -4.04. The van der Waals surface area contributed by atoms with E-state index in [1.54, 1.807) is 65.2 Å². The predicted octanol–water partition coefficient (Wildman–Crippen LogP) is 5.41. The van der Waals surface area contributed by atoms with Gasteiger partial charge >= 0.3 is 12.2 Å². The Morgan fingerprint density at radius 2 is 1.24 bits per heavy atom. The molecule has 0 spiro atoms. The van der Waals surface area contributed by atoms with Crippen molar-refractivity contribution in [1.82, 2.24) is 40.0 Å². The van der Waals surface area contributed by atoms with Gasteiger partial charge in [-0.25, -0.2) is 40.8 Å². The molecule has 6 rings (SSSR count). The Morgan fingerprint density at radius 1 is 0.695 bits per heavy atom. The number of hydrogen-bond donors (Lipinski definition) is 4. The van der Waals surface area contributed by atoms with Gasteiger partial charge in [-0.3, -0.25) is 25.1 Å². The van der Waals surface area contributed by atoms with Crippen molar-refractivity contribution in [2.75, 3.05) is 32.6 Å². The molecule has 0 aliphatic carbocycles. The summed E-state index contributed by atoms with van der Waals surface area (Å²) >= 11 is 0. The number of nitrogens with zero attached hydrogens (tertiary/aromatic N) is 8. The Bertz CT molecular complexity index is 2720. The maximum Gasteiger partial charge on any atom is 0.413 e. The summed E-state index contributed by atoms with van der Waals surface area (Å²) in [5, 5.41) is 21.9. The Hall–Kier alpha value is -6.94. The summed E-state index contributed by atoms with van der Waals surface area (Å²) in [4.78, 5) is 35.2. The minimum atomic E-state index is -3.69. The van der Waals surface area contributed by atoms with Gasteiger partial charge in [0.1, 0.15) is 17.9 Å². The average Bonchev–Trinajstić information content (AvgIpc) is 3.72. The van der Waals surface area contributed by atoms with Crippen molar-refractivity contribution in [1.29, 1.82) is 0 Å². The molecule has 2 atom stereocenters. The van der Waals surface area contributed by atoms with Crippen LogP contribution in [0.3, 0.4) is 0 Å². The van der Waals surface area contributed by atoms with Crippen LogP contribution in [-0.4, -0.2) is 81.5 Å². The van der Waals surface area contributed by atoms with Crippen molar-refractivity contribution in [2.24, 2.45) is 14.1 Å². The molecule has 0 fully saturated rings. The maximum absolute atomic E-state index is 13.1. The zero-order valence-corrected chi connectivity index (χ0v) is 34.5. The van der Waals surface area contributed by atoms with Crippen LogP contribution in [0, 0.1) is 6.92 Å². The maximum atomic E-state index is 13.1. The van der Waals surface area contributed by atoms with Crippen LogP contribution in [0.1, 0.15) is 42.9 Å². The molecular formula is C37H40N12O8S2. The van der Waals surface area contributed by atoms with E-state index in [1.165, 1.54) is 27.7 Å². The fraction of sp³-hybridized carbons (Fsp3) is 0.243. The van der Waals surface area contributed by atoms with Gasteiger partial charge in [-0.2, -0.15) is 0 Å². The molecule has 2 aromatic carbocycles. The molecule has 4 N–H and O–H groups in total. The number of rotatable bonds is 13. The number of nitrogens with one attached hydrogen (secondary N) is 4. The minimum Gasteiger partial charge on any atom is -0.441 e. The third-order valence-electron chi connectivity index (χ3n) is 8.66. The summed E-state index contributed by atoms with van der Waals surface area (Å²) in [5.41, 5.74) is 4.25. The molecule has 22 heteroatoms. The van der Waals surface area contributed by atoms with Gasteiger partial charge in [-0.15, -0.1) is 10.2 Å². The molecule has 59 heavy (non-hydrogen) atoms. The normalized spacial score (nSPS) is 12.6. The molecule has 308 valence electrons. The van der Waals surface area contributed by atoms with E-state index < -0.39 is 44.4 Å². The number of aryl methyl sites for hydroxylation is 3. The zero-order chi connectivity index (χ0) is 42.6. The first-order valence-corrected chi connectivity index (χ1v) is 21.5. The highest BCUT2D eigenvalue weighted by Crippen LogP contribution is 2.37. The van der Waals surface area contributed by atoms with Gasteiger partial charge in [-0.05, 0) is 55.7 Å². The van der Waals surface area contributed by atoms with Crippen molar-refractivity contribution < 1.29 is 35.9 Å². The third kappa shape index (κ3) is 10.3. The number of pyridine rings is 2. The molecule has 0 saturated heterocycles. The number of amides is 2. The van der Waals surface area contributed by atoms with Crippen LogP contribution in [-0.2, 0) is 43.6 Å². The van der Waals surface area contributed by atoms with E-state index in [4.69, 9.17) is 14.5 Å². The molecule has 20 nitrogen and oxygen atoms in total. The number of carbonyl (C=O) groups is 2. The van der Waals surface area contributed by atoms with Gasteiger partial charge in [0.2, 0.25) is 20.0 Å². The molecule has 2 amide bonds. The summed E-state index contributed by atoms with van der Waals surface area (Å²) < 4.78 is 66.5. The van der Waals surface area contributed by atoms with E-state index in [0.29, 0.717) is 28.1 Å². The van der Waals surface area contributed by atoms with Gasteiger partial charge in [-0.1, -0.05) is 65.0 Å². The highest BCUT2D eigenvalue weighted by Gasteiger charge is 2.25. The number of hydrogen-bond acceptors (Lipinski definition) is 14. The fourth-order valence-corrected chi connectivity index (χ4v) is 6.97. The van der Waals surface area contributed by atoms with Gasteiger partial charge in [0.15, 0.2) is 23.0 Å². The van der Waals surface area contributed by atoms with Crippen LogP contribution in [0.5, 0.6) is 0 Å². The lowest BCUT2D eigenvalue weighted by Gasteiger charge is -2.17. The van der Waals surface area contributed by atoms with Crippen LogP contribution >= 0.6 is 0 Å². The van der Waals surface area contributed by atoms with Crippen LogP contribution < -0.4 is 20.1 Å². The van der Waals surface area contributed by atoms with E-state index in [1.807, 2.05) is 30.3 Å². The van der Waals surface area contributed by atoms with Crippen LogP contribution in [0.4, 0.5) is 32.6 Å². The SMILES string of the molecule is Cc1nc(-c2nnn(C)c2NC(=O)O[C@H](C)c2ccccc2)c(-c2ccc([C@@H](C)OC(=O)Nc3c(-c4ccc(NS(C)(=O)=O)cn4)nnn3C)cc2)cc1NS(C)(=O)=O. The monoisotopic (exact) mass is 844 g/mol. The Balaban J connectivity index is 1.23. The van der Waals surface area contributed by atoms with Crippen molar-refractivity contribution >= 4 is 55.2 Å². The topological polar surface area (TPSA) is 256 Å². The average molecular weight is 845 g/mol. The summed E-state index contributed by atoms with van der Waals surface area (Å²) in [5.74, 6) is 0.365. The van der Waals surface area contributed by atoms with Gasteiger partial charge in [0, 0.05) is 19.7 Å². The van der Waals surface area contributed by atoms with Crippen molar-refractivity contribution in [3.8, 4) is 33.9 Å². The number of anilines is 4. The lowest BCUT2D eigenvalue weighted by molar-refractivity contribution is 0.120. The second kappa shape index (κ2) is 16.9. The lowest BCUT2D eigenvalue weighted by Crippen LogP contribution is -2.18. The van der Waals surface area contributed by atoms with E-state index >= 15 is 0 Å². The largest absolute Gasteiger partial charge is 0.441 e. The summed E-state index contributed by atoms with van der Waals surface area (Å²) in [6, 6.07) is 20.8. The van der Waals surface area contributed by atoms with E-state index in [9.17, 15) is 26.4 Å². The van der Waals surface area contributed by atoms with E-state index in [0.717, 1.165) is 18.1 Å². The van der Waals surface area contributed by atoms with Gasteiger partial charge in [0.05, 0.1) is 41.5 Å². The van der Waals surface area contributed by atoms with Gasteiger partial charge < -0.3 is 9.47 Å². The van der Waals surface area contributed by atoms with Crippen molar-refractivity contribution in [2.45, 2.75) is 33.0 Å². The minimum absolute atomic E-state index is 0.181. The second-order valence-electron chi connectivity index (χ2n) is 13.4. The van der Waals surface area contributed by atoms with Gasteiger partial charge in [0.25, 0.3) is 0 Å². The quantitative estimate of drug-likeness (QED) is 0.113. The van der Waals surface area contributed by atoms with Crippen molar-refractivity contribution in [3.05, 3.63) is 95.8 Å². The first-order chi connectivity index (χ1) is 27.8. The van der Waals surface area contributed by atoms with E-state index in [2.05, 4.69) is 45.7 Å².